The molecule has 3 rings (SSSR count). The maximum atomic E-state index is 12.2. The SMILES string of the molecule is CN(C)c1ccc(C(=O)Oc2ccc(C=Nc3ccc(Cl)cc3)cc2)cc1. The van der Waals surface area contributed by atoms with Gasteiger partial charge >= 0.3 is 5.97 Å². The third-order valence-electron chi connectivity index (χ3n) is 3.90. The largest absolute Gasteiger partial charge is 0.423 e. The maximum absolute atomic E-state index is 12.2. The summed E-state index contributed by atoms with van der Waals surface area (Å²) in [6, 6.07) is 21.7. The molecule has 0 amide bonds. The van der Waals surface area contributed by atoms with Gasteiger partial charge in [0.25, 0.3) is 0 Å². The van der Waals surface area contributed by atoms with E-state index in [1.807, 2.05) is 55.4 Å². The van der Waals surface area contributed by atoms with Crippen LogP contribution >= 0.6 is 11.6 Å². The molecule has 0 N–H and O–H groups in total. The van der Waals surface area contributed by atoms with Gasteiger partial charge in [0, 0.05) is 31.0 Å². The number of nitrogens with zero attached hydrogens (tertiary/aromatic N) is 2. The molecular weight excluding hydrogens is 360 g/mol. The van der Waals surface area contributed by atoms with Gasteiger partial charge in [-0.1, -0.05) is 11.6 Å². The quantitative estimate of drug-likeness (QED) is 0.340. The zero-order valence-electron chi connectivity index (χ0n) is 15.1. The van der Waals surface area contributed by atoms with Crippen LogP contribution in [0.5, 0.6) is 5.75 Å². The second-order valence-corrected chi connectivity index (χ2v) is 6.57. The van der Waals surface area contributed by atoms with Crippen LogP contribution in [0, 0.1) is 0 Å². The Hall–Kier alpha value is -3.11. The van der Waals surface area contributed by atoms with Crippen LogP contribution in [0.4, 0.5) is 11.4 Å². The lowest BCUT2D eigenvalue weighted by molar-refractivity contribution is 0.0735. The van der Waals surface area contributed by atoms with Gasteiger partial charge in [-0.2, -0.15) is 0 Å². The molecule has 136 valence electrons. The predicted molar refractivity (Wildman–Crippen MR) is 111 cm³/mol. The molecule has 0 fully saturated rings. The summed E-state index contributed by atoms with van der Waals surface area (Å²) < 4.78 is 5.42. The molecule has 0 aromatic heterocycles. The molecule has 0 heterocycles. The molecule has 0 atom stereocenters. The average molecular weight is 379 g/mol. The smallest absolute Gasteiger partial charge is 0.343 e. The summed E-state index contributed by atoms with van der Waals surface area (Å²) in [6.07, 6.45) is 1.74. The molecule has 0 aliphatic heterocycles. The van der Waals surface area contributed by atoms with Crippen LogP contribution in [0.15, 0.2) is 77.8 Å². The monoisotopic (exact) mass is 378 g/mol. The van der Waals surface area contributed by atoms with Crippen molar-refractivity contribution in [1.29, 1.82) is 0 Å². The first-order valence-electron chi connectivity index (χ1n) is 8.40. The Morgan fingerprint density at radius 1 is 0.926 bits per heavy atom. The molecule has 0 saturated heterocycles. The van der Waals surface area contributed by atoms with E-state index < -0.39 is 0 Å². The molecule has 0 aliphatic carbocycles. The number of benzene rings is 3. The lowest BCUT2D eigenvalue weighted by Gasteiger charge is -2.12. The van der Waals surface area contributed by atoms with E-state index in [9.17, 15) is 4.79 Å². The number of halogens is 1. The van der Waals surface area contributed by atoms with Crippen molar-refractivity contribution in [2.24, 2.45) is 4.99 Å². The van der Waals surface area contributed by atoms with Gasteiger partial charge < -0.3 is 9.64 Å². The fourth-order valence-electron chi connectivity index (χ4n) is 2.36. The predicted octanol–water partition coefficient (Wildman–Crippen LogP) is 5.38. The van der Waals surface area contributed by atoms with Crippen molar-refractivity contribution in [2.45, 2.75) is 0 Å². The molecule has 4 nitrogen and oxygen atoms in total. The molecule has 27 heavy (non-hydrogen) atoms. The van der Waals surface area contributed by atoms with Gasteiger partial charge in [-0.3, -0.25) is 4.99 Å². The zero-order valence-corrected chi connectivity index (χ0v) is 15.9. The summed E-state index contributed by atoms with van der Waals surface area (Å²) in [5, 5.41) is 0.677. The fourth-order valence-corrected chi connectivity index (χ4v) is 2.49. The van der Waals surface area contributed by atoms with Crippen LogP contribution in [0.3, 0.4) is 0 Å². The molecule has 0 spiro atoms. The Balaban J connectivity index is 1.63. The molecular formula is C22H19ClN2O2. The Kier molecular flexibility index (Phi) is 5.89. The normalized spacial score (nSPS) is 10.8. The lowest BCUT2D eigenvalue weighted by atomic mass is 10.2. The summed E-state index contributed by atoms with van der Waals surface area (Å²) in [5.74, 6) is 0.100. The third-order valence-corrected chi connectivity index (χ3v) is 4.15. The summed E-state index contributed by atoms with van der Waals surface area (Å²) >= 11 is 5.86. The second kappa shape index (κ2) is 8.52. The summed E-state index contributed by atoms with van der Waals surface area (Å²) in [6.45, 7) is 0. The van der Waals surface area contributed by atoms with Crippen LogP contribution in [-0.2, 0) is 0 Å². The highest BCUT2D eigenvalue weighted by atomic mass is 35.5. The first-order chi connectivity index (χ1) is 13.0. The Morgan fingerprint density at radius 2 is 1.56 bits per heavy atom. The molecule has 3 aromatic rings. The number of carbonyl (C=O) groups is 1. The molecule has 0 aliphatic rings. The van der Waals surface area contributed by atoms with Crippen molar-refractivity contribution in [3.8, 4) is 5.75 Å². The minimum absolute atomic E-state index is 0.386. The van der Waals surface area contributed by atoms with Crippen LogP contribution in [0.1, 0.15) is 15.9 Å². The number of ether oxygens (including phenoxy) is 1. The van der Waals surface area contributed by atoms with Crippen molar-refractivity contribution in [2.75, 3.05) is 19.0 Å². The highest BCUT2D eigenvalue weighted by Crippen LogP contribution is 2.18. The van der Waals surface area contributed by atoms with E-state index >= 15 is 0 Å². The number of rotatable bonds is 5. The van der Waals surface area contributed by atoms with Gasteiger partial charge in [-0.15, -0.1) is 0 Å². The highest BCUT2D eigenvalue weighted by Gasteiger charge is 2.08. The van der Waals surface area contributed by atoms with E-state index in [4.69, 9.17) is 16.3 Å². The van der Waals surface area contributed by atoms with Crippen molar-refractivity contribution >= 4 is 35.2 Å². The first kappa shape index (κ1) is 18.7. The lowest BCUT2D eigenvalue weighted by Crippen LogP contribution is -2.11. The van der Waals surface area contributed by atoms with E-state index in [0.717, 1.165) is 16.9 Å². The zero-order chi connectivity index (χ0) is 19.2. The van der Waals surface area contributed by atoms with Crippen molar-refractivity contribution < 1.29 is 9.53 Å². The minimum atomic E-state index is -0.386. The number of aliphatic imine (C=N–C) groups is 1. The van der Waals surface area contributed by atoms with Gasteiger partial charge in [0.15, 0.2) is 0 Å². The minimum Gasteiger partial charge on any atom is -0.423 e. The highest BCUT2D eigenvalue weighted by molar-refractivity contribution is 6.30. The third kappa shape index (κ3) is 5.19. The van der Waals surface area contributed by atoms with Crippen molar-refractivity contribution in [3.63, 3.8) is 0 Å². The topological polar surface area (TPSA) is 41.9 Å². The maximum Gasteiger partial charge on any atom is 0.343 e. The van der Waals surface area contributed by atoms with Crippen molar-refractivity contribution in [3.05, 3.63) is 88.9 Å². The van der Waals surface area contributed by atoms with E-state index in [1.54, 1.807) is 42.6 Å². The molecule has 0 radical (unpaired) electrons. The Morgan fingerprint density at radius 3 is 2.15 bits per heavy atom. The molecule has 0 bridgehead atoms. The molecule has 0 unspecified atom stereocenters. The molecule has 5 heteroatoms. The number of carbonyl (C=O) groups excluding carboxylic acids is 1. The first-order valence-corrected chi connectivity index (χ1v) is 8.78. The van der Waals surface area contributed by atoms with Gasteiger partial charge in [0.1, 0.15) is 5.75 Å². The van der Waals surface area contributed by atoms with Crippen LogP contribution in [-0.4, -0.2) is 26.3 Å². The van der Waals surface area contributed by atoms with Crippen LogP contribution < -0.4 is 9.64 Å². The van der Waals surface area contributed by atoms with E-state index in [0.29, 0.717) is 16.3 Å². The number of anilines is 1. The van der Waals surface area contributed by atoms with Crippen LogP contribution in [0.25, 0.3) is 0 Å². The van der Waals surface area contributed by atoms with E-state index in [2.05, 4.69) is 4.99 Å². The average Bonchev–Trinajstić information content (AvgIpc) is 2.68. The van der Waals surface area contributed by atoms with Crippen LogP contribution in [0.2, 0.25) is 5.02 Å². The summed E-state index contributed by atoms with van der Waals surface area (Å²) in [7, 11) is 3.90. The fraction of sp³-hybridized carbons (Fsp3) is 0.0909. The standard InChI is InChI=1S/C22H19ClN2O2/c1-25(2)20-11-5-17(6-12-20)22(26)27-21-13-3-16(4-14-21)15-24-19-9-7-18(23)8-10-19/h3-15H,1-2H3. The van der Waals surface area contributed by atoms with Crippen molar-refractivity contribution in [1.82, 2.24) is 0 Å². The second-order valence-electron chi connectivity index (χ2n) is 6.13. The Labute approximate surface area is 163 Å². The molecule has 3 aromatic carbocycles. The summed E-state index contributed by atoms with van der Waals surface area (Å²) in [4.78, 5) is 18.6. The van der Waals surface area contributed by atoms with E-state index in [-0.39, 0.29) is 5.97 Å². The number of esters is 1. The van der Waals surface area contributed by atoms with Gasteiger partial charge in [-0.05, 0) is 78.4 Å². The number of hydrogen-bond acceptors (Lipinski definition) is 4. The van der Waals surface area contributed by atoms with Gasteiger partial charge in [0.05, 0.1) is 11.3 Å². The van der Waals surface area contributed by atoms with Gasteiger partial charge in [0.2, 0.25) is 0 Å². The van der Waals surface area contributed by atoms with Gasteiger partial charge in [-0.25, -0.2) is 4.79 Å². The number of hydrogen-bond donors (Lipinski definition) is 0. The van der Waals surface area contributed by atoms with E-state index in [1.165, 1.54) is 0 Å². The molecule has 0 saturated carbocycles. The summed E-state index contributed by atoms with van der Waals surface area (Å²) in [5.41, 5.74) is 3.25. The Bertz CT molecular complexity index is 932.